The van der Waals surface area contributed by atoms with Gasteiger partial charge in [-0.05, 0) is 44.2 Å². The summed E-state index contributed by atoms with van der Waals surface area (Å²) in [6.07, 6.45) is 6.38. The second-order valence-electron chi connectivity index (χ2n) is 8.49. The van der Waals surface area contributed by atoms with Crippen molar-refractivity contribution in [3.8, 4) is 11.4 Å². The fraction of sp³-hybridized carbons (Fsp3) is 0.591. The number of hydrogen-bond donors (Lipinski definition) is 1. The molecule has 1 saturated heterocycles. The Labute approximate surface area is 184 Å². The molecule has 1 unspecified atom stereocenters. The zero-order valence-corrected chi connectivity index (χ0v) is 18.9. The number of sulfonamides is 1. The normalized spacial score (nSPS) is 20.1. The molecule has 0 radical (unpaired) electrons. The number of aromatic nitrogens is 3. The van der Waals surface area contributed by atoms with Crippen molar-refractivity contribution in [3.63, 3.8) is 0 Å². The van der Waals surface area contributed by atoms with E-state index in [0.29, 0.717) is 31.5 Å². The van der Waals surface area contributed by atoms with Crippen molar-refractivity contribution in [1.29, 1.82) is 0 Å². The molecular weight excluding hydrogens is 414 g/mol. The summed E-state index contributed by atoms with van der Waals surface area (Å²) < 4.78 is 28.5. The van der Waals surface area contributed by atoms with Crippen LogP contribution in [0.3, 0.4) is 0 Å². The molecule has 4 rings (SSSR count). The molecule has 1 aromatic heterocycles. The van der Waals surface area contributed by atoms with Crippen LogP contribution >= 0.6 is 0 Å². The minimum Gasteiger partial charge on any atom is -0.326 e. The van der Waals surface area contributed by atoms with Gasteiger partial charge < -0.3 is 9.88 Å². The van der Waals surface area contributed by atoms with Gasteiger partial charge in [0.15, 0.2) is 5.82 Å². The first-order valence-electron chi connectivity index (χ1n) is 11.3. The molecule has 3 heterocycles. The molecule has 0 aliphatic carbocycles. The van der Waals surface area contributed by atoms with Crippen LogP contribution in [0.15, 0.2) is 24.3 Å². The predicted molar refractivity (Wildman–Crippen MR) is 120 cm³/mol. The molecule has 0 saturated carbocycles. The number of hydrogen-bond acceptors (Lipinski definition) is 5. The second-order valence-corrected chi connectivity index (χ2v) is 10.6. The van der Waals surface area contributed by atoms with Gasteiger partial charge in [0, 0.05) is 37.3 Å². The van der Waals surface area contributed by atoms with Crippen LogP contribution in [0.5, 0.6) is 0 Å². The molecule has 2 aliphatic heterocycles. The van der Waals surface area contributed by atoms with Crippen molar-refractivity contribution in [2.24, 2.45) is 5.92 Å². The monoisotopic (exact) mass is 445 g/mol. The molecule has 1 atom stereocenters. The molecular formula is C22H31N5O3S. The highest BCUT2D eigenvalue weighted by Crippen LogP contribution is 2.26. The van der Waals surface area contributed by atoms with Crippen molar-refractivity contribution < 1.29 is 13.2 Å². The lowest BCUT2D eigenvalue weighted by atomic mass is 9.98. The molecule has 168 valence electrons. The van der Waals surface area contributed by atoms with E-state index in [9.17, 15) is 13.2 Å². The lowest BCUT2D eigenvalue weighted by Crippen LogP contribution is -2.44. The van der Waals surface area contributed by atoms with Gasteiger partial charge >= 0.3 is 0 Å². The Morgan fingerprint density at radius 1 is 1.16 bits per heavy atom. The first-order valence-corrected chi connectivity index (χ1v) is 12.9. The van der Waals surface area contributed by atoms with Crippen LogP contribution in [0, 0.1) is 5.92 Å². The number of anilines is 1. The molecule has 1 aromatic carbocycles. The minimum atomic E-state index is -3.29. The number of carbonyl (C=O) groups excluding carboxylic acids is 1. The summed E-state index contributed by atoms with van der Waals surface area (Å²) in [5.41, 5.74) is 1.62. The fourth-order valence-corrected chi connectivity index (χ4v) is 6.06. The highest BCUT2D eigenvalue weighted by atomic mass is 32.2. The summed E-state index contributed by atoms with van der Waals surface area (Å²) in [6.45, 7) is 3.52. The number of nitrogens with zero attached hydrogens (tertiary/aromatic N) is 4. The van der Waals surface area contributed by atoms with Crippen molar-refractivity contribution in [2.75, 3.05) is 24.2 Å². The Hall–Kier alpha value is -2.26. The molecule has 1 fully saturated rings. The number of aryl methyl sites for hydroxylation is 1. The fourth-order valence-electron chi connectivity index (χ4n) is 4.48. The molecule has 0 spiro atoms. The van der Waals surface area contributed by atoms with Gasteiger partial charge in [0.2, 0.25) is 15.9 Å². The smallest absolute Gasteiger partial charge is 0.228 e. The lowest BCUT2D eigenvalue weighted by molar-refractivity contribution is -0.120. The number of nitrogens with one attached hydrogen (secondary N) is 1. The van der Waals surface area contributed by atoms with Crippen LogP contribution in [0.2, 0.25) is 0 Å². The van der Waals surface area contributed by atoms with E-state index in [4.69, 9.17) is 0 Å². The zero-order chi connectivity index (χ0) is 21.8. The highest BCUT2D eigenvalue weighted by Gasteiger charge is 2.32. The van der Waals surface area contributed by atoms with Gasteiger partial charge in [-0.3, -0.25) is 4.79 Å². The van der Waals surface area contributed by atoms with E-state index in [-0.39, 0.29) is 24.1 Å². The van der Waals surface area contributed by atoms with Crippen molar-refractivity contribution in [3.05, 3.63) is 30.1 Å². The number of fused-ring (bicyclic) bond motifs is 1. The quantitative estimate of drug-likeness (QED) is 0.737. The van der Waals surface area contributed by atoms with Gasteiger partial charge in [0.1, 0.15) is 5.82 Å². The van der Waals surface area contributed by atoms with Crippen LogP contribution in [-0.4, -0.2) is 52.2 Å². The number of benzene rings is 1. The average Bonchev–Trinajstić information content (AvgIpc) is 3.02. The third-order valence-electron chi connectivity index (χ3n) is 6.11. The minimum absolute atomic E-state index is 0.131. The number of carbonyl (C=O) groups is 1. The van der Waals surface area contributed by atoms with Gasteiger partial charge in [-0.1, -0.05) is 25.5 Å². The SMILES string of the molecule is CCCS(=O)(=O)N1CCCC(C(=O)Nc2cccc(-c3nnc4n3CCCCC4)c2)C1. The van der Waals surface area contributed by atoms with Crippen LogP contribution in [-0.2, 0) is 27.8 Å². The van der Waals surface area contributed by atoms with Crippen LogP contribution in [0.4, 0.5) is 5.69 Å². The molecule has 2 aromatic rings. The van der Waals surface area contributed by atoms with Crippen molar-refractivity contribution >= 4 is 21.6 Å². The molecule has 9 heteroatoms. The number of rotatable bonds is 6. The van der Waals surface area contributed by atoms with Gasteiger partial charge in [0.25, 0.3) is 0 Å². The van der Waals surface area contributed by atoms with E-state index in [0.717, 1.165) is 43.0 Å². The lowest BCUT2D eigenvalue weighted by Gasteiger charge is -2.31. The second kappa shape index (κ2) is 9.48. The number of piperidine rings is 1. The maximum absolute atomic E-state index is 12.9. The van der Waals surface area contributed by atoms with Gasteiger partial charge in [-0.2, -0.15) is 0 Å². The Balaban J connectivity index is 1.47. The molecule has 1 N–H and O–H groups in total. The molecule has 1 amide bonds. The Kier molecular flexibility index (Phi) is 6.71. The first kappa shape index (κ1) is 22.0. The summed E-state index contributed by atoms with van der Waals surface area (Å²) in [7, 11) is -3.29. The Morgan fingerprint density at radius 3 is 2.87 bits per heavy atom. The van der Waals surface area contributed by atoms with Gasteiger partial charge in [-0.15, -0.1) is 10.2 Å². The van der Waals surface area contributed by atoms with E-state index in [1.165, 1.54) is 10.7 Å². The summed E-state index contributed by atoms with van der Waals surface area (Å²) in [5, 5.41) is 11.8. The van der Waals surface area contributed by atoms with Crippen molar-refractivity contribution in [2.45, 2.75) is 58.4 Å². The summed E-state index contributed by atoms with van der Waals surface area (Å²) in [4.78, 5) is 12.9. The largest absolute Gasteiger partial charge is 0.326 e. The molecule has 2 aliphatic rings. The third kappa shape index (κ3) is 4.98. The third-order valence-corrected chi connectivity index (χ3v) is 8.15. The van der Waals surface area contributed by atoms with Gasteiger partial charge in [0.05, 0.1) is 11.7 Å². The Morgan fingerprint density at radius 2 is 2.03 bits per heavy atom. The average molecular weight is 446 g/mol. The van der Waals surface area contributed by atoms with Crippen molar-refractivity contribution in [1.82, 2.24) is 19.1 Å². The standard InChI is InChI=1S/C22H31N5O3S/c1-2-14-31(29,30)26-12-7-9-18(16-26)22(28)23-19-10-6-8-17(15-19)21-25-24-20-11-4-3-5-13-27(20)21/h6,8,10,15,18H,2-5,7,9,11-14,16H2,1H3,(H,23,28). The summed E-state index contributed by atoms with van der Waals surface area (Å²) in [5.74, 6) is 1.52. The maximum Gasteiger partial charge on any atom is 0.228 e. The highest BCUT2D eigenvalue weighted by molar-refractivity contribution is 7.89. The maximum atomic E-state index is 12.9. The topological polar surface area (TPSA) is 97.2 Å². The summed E-state index contributed by atoms with van der Waals surface area (Å²) >= 11 is 0. The molecule has 31 heavy (non-hydrogen) atoms. The zero-order valence-electron chi connectivity index (χ0n) is 18.1. The molecule has 8 nitrogen and oxygen atoms in total. The number of amides is 1. The van der Waals surface area contributed by atoms with E-state index in [1.807, 2.05) is 31.2 Å². The van der Waals surface area contributed by atoms with E-state index in [1.54, 1.807) is 0 Å². The Bertz CT molecular complexity index is 1030. The van der Waals surface area contributed by atoms with Crippen LogP contribution < -0.4 is 5.32 Å². The van der Waals surface area contributed by atoms with Crippen LogP contribution in [0.25, 0.3) is 11.4 Å². The van der Waals surface area contributed by atoms with Gasteiger partial charge in [-0.25, -0.2) is 12.7 Å². The van der Waals surface area contributed by atoms with E-state index < -0.39 is 10.0 Å². The molecule has 0 bridgehead atoms. The van der Waals surface area contributed by atoms with E-state index >= 15 is 0 Å². The predicted octanol–water partition coefficient (Wildman–Crippen LogP) is 3.06. The first-order chi connectivity index (χ1) is 15.0. The van der Waals surface area contributed by atoms with Crippen LogP contribution in [0.1, 0.15) is 51.3 Å². The summed E-state index contributed by atoms with van der Waals surface area (Å²) in [6, 6.07) is 7.67. The van der Waals surface area contributed by atoms with E-state index in [2.05, 4.69) is 20.1 Å².